The van der Waals surface area contributed by atoms with Crippen LogP contribution in [0.25, 0.3) is 0 Å². The third-order valence-corrected chi connectivity index (χ3v) is 3.04. The molecule has 1 rings (SSSR count). The van der Waals surface area contributed by atoms with Crippen molar-refractivity contribution in [1.29, 1.82) is 0 Å². The maximum atomic E-state index is 12.7. The van der Waals surface area contributed by atoms with Gasteiger partial charge in [0.2, 0.25) is 0 Å². The molecule has 0 saturated heterocycles. The average molecular weight is 317 g/mol. The molecular weight excluding hydrogens is 295 g/mol. The van der Waals surface area contributed by atoms with Crippen molar-refractivity contribution in [3.05, 3.63) is 29.8 Å². The number of aliphatic imine (C=N–C) groups is 1. The van der Waals surface area contributed by atoms with E-state index >= 15 is 0 Å². The van der Waals surface area contributed by atoms with E-state index in [-0.39, 0.29) is 11.9 Å². The van der Waals surface area contributed by atoms with Gasteiger partial charge in [0.1, 0.15) is 11.9 Å². The van der Waals surface area contributed by atoms with Crippen LogP contribution in [0.5, 0.6) is 5.75 Å². The Balaban J connectivity index is 2.71. The lowest BCUT2D eigenvalue weighted by Crippen LogP contribution is -2.41. The number of halogens is 3. The smallest absolute Gasteiger partial charge is 0.416 e. The van der Waals surface area contributed by atoms with Gasteiger partial charge < -0.3 is 15.0 Å². The Bertz CT molecular complexity index is 501. The molecule has 1 aromatic rings. The Morgan fingerprint density at radius 3 is 2.55 bits per heavy atom. The zero-order chi connectivity index (χ0) is 16.8. The number of benzene rings is 1. The summed E-state index contributed by atoms with van der Waals surface area (Å²) in [6, 6.07) is 4.92. The summed E-state index contributed by atoms with van der Waals surface area (Å²) < 4.78 is 43.7. The van der Waals surface area contributed by atoms with Crippen molar-refractivity contribution in [2.24, 2.45) is 4.99 Å². The van der Waals surface area contributed by atoms with E-state index in [4.69, 9.17) is 4.74 Å². The number of hydrogen-bond donors (Lipinski definition) is 1. The second-order valence-corrected chi connectivity index (χ2v) is 5.00. The lowest BCUT2D eigenvalue weighted by Gasteiger charge is -2.22. The van der Waals surface area contributed by atoms with E-state index in [1.54, 1.807) is 7.05 Å². The molecule has 1 atom stereocenters. The first kappa shape index (κ1) is 18.1. The predicted molar refractivity (Wildman–Crippen MR) is 81.2 cm³/mol. The Hall–Kier alpha value is -1.92. The van der Waals surface area contributed by atoms with E-state index in [2.05, 4.69) is 10.3 Å². The van der Waals surface area contributed by atoms with Crippen LogP contribution in [-0.4, -0.2) is 44.7 Å². The highest BCUT2D eigenvalue weighted by Crippen LogP contribution is 2.31. The summed E-state index contributed by atoms with van der Waals surface area (Å²) in [5, 5.41) is 3.11. The molecule has 22 heavy (non-hydrogen) atoms. The second-order valence-electron chi connectivity index (χ2n) is 5.00. The van der Waals surface area contributed by atoms with Crippen molar-refractivity contribution in [2.45, 2.75) is 25.6 Å². The number of nitrogens with zero attached hydrogens (tertiary/aromatic N) is 2. The minimum Gasteiger partial charge on any atom is -0.489 e. The molecule has 124 valence electrons. The number of nitrogens with one attached hydrogen (secondary N) is 1. The van der Waals surface area contributed by atoms with Gasteiger partial charge in [-0.3, -0.25) is 4.99 Å². The van der Waals surface area contributed by atoms with Crippen LogP contribution in [0.2, 0.25) is 0 Å². The minimum absolute atomic E-state index is 0.211. The Morgan fingerprint density at radius 2 is 2.05 bits per heavy atom. The molecule has 0 aliphatic rings. The van der Waals surface area contributed by atoms with E-state index in [1.165, 1.54) is 12.1 Å². The Labute approximate surface area is 129 Å². The second kappa shape index (κ2) is 7.91. The lowest BCUT2D eigenvalue weighted by molar-refractivity contribution is -0.137. The van der Waals surface area contributed by atoms with Crippen molar-refractivity contribution < 1.29 is 17.9 Å². The van der Waals surface area contributed by atoms with Gasteiger partial charge in [-0.05, 0) is 24.6 Å². The first-order chi connectivity index (χ1) is 10.3. The highest BCUT2D eigenvalue weighted by molar-refractivity contribution is 5.79. The number of ether oxygens (including phenoxy) is 1. The van der Waals surface area contributed by atoms with Gasteiger partial charge in [0.25, 0.3) is 0 Å². The van der Waals surface area contributed by atoms with Crippen molar-refractivity contribution in [1.82, 2.24) is 10.2 Å². The van der Waals surface area contributed by atoms with Gasteiger partial charge >= 0.3 is 6.18 Å². The largest absolute Gasteiger partial charge is 0.489 e. The molecule has 7 heteroatoms. The third kappa shape index (κ3) is 5.46. The highest BCUT2D eigenvalue weighted by Gasteiger charge is 2.30. The van der Waals surface area contributed by atoms with Crippen molar-refractivity contribution >= 4 is 5.96 Å². The molecule has 0 fully saturated rings. The Morgan fingerprint density at radius 1 is 1.36 bits per heavy atom. The quantitative estimate of drug-likeness (QED) is 0.670. The molecule has 0 aliphatic carbocycles. The molecular formula is C15H22F3N3O. The maximum Gasteiger partial charge on any atom is 0.416 e. The van der Waals surface area contributed by atoms with Crippen molar-refractivity contribution in [2.75, 3.05) is 27.7 Å². The zero-order valence-electron chi connectivity index (χ0n) is 13.2. The predicted octanol–water partition coefficient (Wildman–Crippen LogP) is 3.00. The molecule has 0 saturated carbocycles. The molecule has 0 radical (unpaired) electrons. The summed E-state index contributed by atoms with van der Waals surface area (Å²) >= 11 is 0. The fourth-order valence-corrected chi connectivity index (χ4v) is 1.85. The molecule has 4 nitrogen and oxygen atoms in total. The van der Waals surface area contributed by atoms with E-state index in [0.717, 1.165) is 12.1 Å². The van der Waals surface area contributed by atoms with Gasteiger partial charge in [-0.25, -0.2) is 0 Å². The summed E-state index contributed by atoms with van der Waals surface area (Å²) in [7, 11) is 5.37. The normalized spacial score (nSPS) is 13.7. The van der Waals surface area contributed by atoms with Crippen LogP contribution in [0, 0.1) is 0 Å². The molecule has 0 amide bonds. The maximum absolute atomic E-state index is 12.7. The van der Waals surface area contributed by atoms with Gasteiger partial charge in [0.05, 0.1) is 12.1 Å². The summed E-state index contributed by atoms with van der Waals surface area (Å²) in [4.78, 5) is 5.89. The number of guanidine groups is 1. The van der Waals surface area contributed by atoms with Gasteiger partial charge in [-0.1, -0.05) is 13.0 Å². The van der Waals surface area contributed by atoms with E-state index in [9.17, 15) is 13.2 Å². The zero-order valence-corrected chi connectivity index (χ0v) is 13.2. The van der Waals surface area contributed by atoms with Gasteiger partial charge in [0, 0.05) is 21.1 Å². The highest BCUT2D eigenvalue weighted by atomic mass is 19.4. The molecule has 0 bridgehead atoms. The molecule has 0 aromatic heterocycles. The first-order valence-electron chi connectivity index (χ1n) is 6.99. The van der Waals surface area contributed by atoms with Crippen LogP contribution in [0.15, 0.2) is 29.3 Å². The summed E-state index contributed by atoms with van der Waals surface area (Å²) in [6.45, 7) is 2.37. The fourth-order valence-electron chi connectivity index (χ4n) is 1.85. The number of rotatable bonds is 5. The van der Waals surface area contributed by atoms with Crippen molar-refractivity contribution in [3.63, 3.8) is 0 Å². The average Bonchev–Trinajstić information content (AvgIpc) is 2.45. The molecule has 0 spiro atoms. The van der Waals surface area contributed by atoms with E-state index in [1.807, 2.05) is 25.9 Å². The molecule has 1 N–H and O–H groups in total. The number of hydrogen-bond acceptors (Lipinski definition) is 2. The standard InChI is InChI=1S/C15H22F3N3O/c1-5-12(10-20-14(19-2)21(3)4)22-13-8-6-7-11(9-13)15(16,17)18/h6-9,12H,5,10H2,1-4H3,(H,19,20). The SMILES string of the molecule is CCC(CNC(=NC)N(C)C)Oc1cccc(C(F)(F)F)c1. The van der Waals surface area contributed by atoms with Gasteiger partial charge in [-0.2, -0.15) is 13.2 Å². The van der Waals surface area contributed by atoms with Crippen LogP contribution in [0.4, 0.5) is 13.2 Å². The first-order valence-corrected chi connectivity index (χ1v) is 6.99. The molecule has 0 aliphatic heterocycles. The molecule has 1 aromatic carbocycles. The summed E-state index contributed by atoms with van der Waals surface area (Å²) in [5.41, 5.74) is -0.711. The van der Waals surface area contributed by atoms with Gasteiger partial charge in [0.15, 0.2) is 5.96 Å². The van der Waals surface area contributed by atoms with Crippen LogP contribution in [0.1, 0.15) is 18.9 Å². The van der Waals surface area contributed by atoms with Crippen LogP contribution < -0.4 is 10.1 Å². The monoisotopic (exact) mass is 317 g/mol. The third-order valence-electron chi connectivity index (χ3n) is 3.04. The van der Waals surface area contributed by atoms with Gasteiger partial charge in [-0.15, -0.1) is 0 Å². The minimum atomic E-state index is -4.37. The molecule has 1 unspecified atom stereocenters. The Kier molecular flexibility index (Phi) is 6.52. The van der Waals surface area contributed by atoms with Crippen LogP contribution in [-0.2, 0) is 6.18 Å². The molecule has 0 heterocycles. The summed E-state index contributed by atoms with van der Waals surface area (Å²) in [6.07, 6.45) is -3.96. The topological polar surface area (TPSA) is 36.9 Å². The van der Waals surface area contributed by atoms with Crippen molar-refractivity contribution in [3.8, 4) is 5.75 Å². The fraction of sp³-hybridized carbons (Fsp3) is 0.533. The summed E-state index contributed by atoms with van der Waals surface area (Å²) in [5.74, 6) is 0.898. The van der Waals surface area contributed by atoms with E-state index < -0.39 is 11.7 Å². The van der Waals surface area contributed by atoms with E-state index in [0.29, 0.717) is 18.9 Å². The van der Waals surface area contributed by atoms with Crippen LogP contribution in [0.3, 0.4) is 0 Å². The number of alkyl halides is 3. The lowest BCUT2D eigenvalue weighted by atomic mass is 10.2. The van der Waals surface area contributed by atoms with Crippen LogP contribution >= 0.6 is 0 Å².